The minimum Gasteiger partial charge on any atom is -0.209 e. The average molecular weight is 442 g/mol. The molecule has 0 atom stereocenters. The SMILES string of the molecule is CC/C(F)=C(\F)c1ccc(-c2ccc(-c3cc(F)c(C(F)(F)F)c(F)c3)c(F)c2)cc1. The van der Waals surface area contributed by atoms with E-state index in [4.69, 9.17) is 0 Å². The Morgan fingerprint density at radius 1 is 0.710 bits per heavy atom. The van der Waals surface area contributed by atoms with Gasteiger partial charge in [-0.25, -0.2) is 22.0 Å². The van der Waals surface area contributed by atoms with Crippen LogP contribution in [0.15, 0.2) is 60.4 Å². The Bertz CT molecular complexity index is 1120. The van der Waals surface area contributed by atoms with Crippen LogP contribution in [0.3, 0.4) is 0 Å². The van der Waals surface area contributed by atoms with Gasteiger partial charge in [0.2, 0.25) is 0 Å². The molecule has 3 aromatic rings. The van der Waals surface area contributed by atoms with Crippen LogP contribution in [-0.2, 0) is 6.18 Å². The van der Waals surface area contributed by atoms with E-state index in [1.165, 1.54) is 37.3 Å². The Hall–Kier alpha value is -3.16. The van der Waals surface area contributed by atoms with E-state index >= 15 is 0 Å². The summed E-state index contributed by atoms with van der Waals surface area (Å²) >= 11 is 0. The third-order valence-electron chi connectivity index (χ3n) is 4.63. The van der Waals surface area contributed by atoms with Crippen molar-refractivity contribution in [2.45, 2.75) is 19.5 Å². The lowest BCUT2D eigenvalue weighted by Gasteiger charge is -2.12. The minimum absolute atomic E-state index is 0.0101. The first-order valence-electron chi connectivity index (χ1n) is 9.04. The molecule has 0 N–H and O–H groups in total. The topological polar surface area (TPSA) is 0 Å². The summed E-state index contributed by atoms with van der Waals surface area (Å²) in [5.74, 6) is -6.53. The number of benzene rings is 3. The maximum Gasteiger partial charge on any atom is 0.422 e. The summed E-state index contributed by atoms with van der Waals surface area (Å²) in [6.07, 6.45) is -5.33. The highest BCUT2D eigenvalue weighted by molar-refractivity contribution is 5.73. The van der Waals surface area contributed by atoms with Crippen LogP contribution in [0.25, 0.3) is 28.1 Å². The second-order valence-electron chi connectivity index (χ2n) is 6.66. The van der Waals surface area contributed by atoms with Gasteiger partial charge in [0.25, 0.3) is 0 Å². The quantitative estimate of drug-likeness (QED) is 0.356. The molecule has 0 amide bonds. The van der Waals surface area contributed by atoms with Gasteiger partial charge in [-0.1, -0.05) is 43.3 Å². The molecule has 0 unspecified atom stereocenters. The van der Waals surface area contributed by atoms with Gasteiger partial charge in [-0.05, 0) is 41.3 Å². The summed E-state index contributed by atoms with van der Waals surface area (Å²) < 4.78 is 108. The number of alkyl halides is 3. The Balaban J connectivity index is 1.96. The molecule has 0 aliphatic rings. The average Bonchev–Trinajstić information content (AvgIpc) is 2.71. The molecule has 0 aromatic heterocycles. The monoisotopic (exact) mass is 442 g/mol. The molecular formula is C23H14F8. The van der Waals surface area contributed by atoms with E-state index in [1.807, 2.05) is 0 Å². The number of hydrogen-bond donors (Lipinski definition) is 0. The highest BCUT2D eigenvalue weighted by Crippen LogP contribution is 2.37. The molecule has 162 valence electrons. The molecule has 0 heterocycles. The molecule has 0 aliphatic heterocycles. The lowest BCUT2D eigenvalue weighted by atomic mass is 9.97. The molecule has 0 bridgehead atoms. The van der Waals surface area contributed by atoms with Gasteiger partial charge in [-0.2, -0.15) is 13.2 Å². The van der Waals surface area contributed by atoms with Crippen LogP contribution >= 0.6 is 0 Å². The van der Waals surface area contributed by atoms with Gasteiger partial charge in [0.05, 0.1) is 0 Å². The number of halogens is 8. The van der Waals surface area contributed by atoms with E-state index in [2.05, 4.69) is 0 Å². The predicted octanol–water partition coefficient (Wildman–Crippen LogP) is 8.47. The van der Waals surface area contributed by atoms with Gasteiger partial charge in [0, 0.05) is 11.1 Å². The fraction of sp³-hybridized carbons (Fsp3) is 0.130. The van der Waals surface area contributed by atoms with Crippen molar-refractivity contribution in [1.29, 1.82) is 0 Å². The van der Waals surface area contributed by atoms with Crippen LogP contribution in [0, 0.1) is 17.5 Å². The van der Waals surface area contributed by atoms with E-state index in [-0.39, 0.29) is 17.5 Å². The Morgan fingerprint density at radius 2 is 1.23 bits per heavy atom. The standard InChI is InChI=1S/C23H14F8/c1-2-17(24)22(28)13-5-3-12(4-6-13)14-7-8-16(18(25)9-14)15-10-19(26)21(20(27)11-15)23(29,30)31/h3-11H,2H2,1H3/b22-17+. The molecular weight excluding hydrogens is 428 g/mol. The van der Waals surface area contributed by atoms with Crippen LogP contribution in [0.4, 0.5) is 35.1 Å². The van der Waals surface area contributed by atoms with E-state index < -0.39 is 46.4 Å². The Labute approximate surface area is 172 Å². The molecule has 3 aromatic carbocycles. The molecule has 0 radical (unpaired) electrons. The molecule has 8 heteroatoms. The first-order chi connectivity index (χ1) is 14.5. The summed E-state index contributed by atoms with van der Waals surface area (Å²) in [6.45, 7) is 1.46. The normalized spacial score (nSPS) is 12.7. The lowest BCUT2D eigenvalue weighted by Crippen LogP contribution is -2.11. The summed E-state index contributed by atoms with van der Waals surface area (Å²) in [5.41, 5.74) is -1.97. The summed E-state index contributed by atoms with van der Waals surface area (Å²) in [6, 6.07) is 9.90. The third-order valence-corrected chi connectivity index (χ3v) is 4.63. The predicted molar refractivity (Wildman–Crippen MR) is 102 cm³/mol. The zero-order valence-electron chi connectivity index (χ0n) is 15.9. The second kappa shape index (κ2) is 8.53. The minimum atomic E-state index is -5.23. The van der Waals surface area contributed by atoms with Crippen LogP contribution < -0.4 is 0 Å². The van der Waals surface area contributed by atoms with Crippen LogP contribution in [0.2, 0.25) is 0 Å². The summed E-state index contributed by atoms with van der Waals surface area (Å²) in [7, 11) is 0. The fourth-order valence-corrected chi connectivity index (χ4v) is 3.05. The highest BCUT2D eigenvalue weighted by atomic mass is 19.4. The van der Waals surface area contributed by atoms with Crippen LogP contribution in [-0.4, -0.2) is 0 Å². The van der Waals surface area contributed by atoms with Crippen molar-refractivity contribution in [2.75, 3.05) is 0 Å². The molecule has 0 saturated heterocycles. The van der Waals surface area contributed by atoms with Crippen molar-refractivity contribution in [3.63, 3.8) is 0 Å². The van der Waals surface area contributed by atoms with Gasteiger partial charge in [0.15, 0.2) is 5.83 Å². The van der Waals surface area contributed by atoms with E-state index in [0.29, 0.717) is 23.3 Å². The molecule has 0 spiro atoms. The van der Waals surface area contributed by atoms with Gasteiger partial charge >= 0.3 is 6.18 Å². The van der Waals surface area contributed by atoms with Crippen molar-refractivity contribution >= 4 is 5.83 Å². The molecule has 0 nitrogen and oxygen atoms in total. The first kappa shape index (κ1) is 22.5. The zero-order chi connectivity index (χ0) is 22.9. The lowest BCUT2D eigenvalue weighted by molar-refractivity contribution is -0.142. The number of rotatable bonds is 4. The van der Waals surface area contributed by atoms with Gasteiger partial charge in [-0.3, -0.25) is 0 Å². The highest BCUT2D eigenvalue weighted by Gasteiger charge is 2.38. The third kappa shape index (κ3) is 4.62. The first-order valence-corrected chi connectivity index (χ1v) is 9.04. The van der Waals surface area contributed by atoms with E-state index in [1.54, 1.807) is 0 Å². The molecule has 31 heavy (non-hydrogen) atoms. The van der Waals surface area contributed by atoms with Gasteiger partial charge in [0.1, 0.15) is 28.8 Å². The fourth-order valence-electron chi connectivity index (χ4n) is 3.05. The van der Waals surface area contributed by atoms with E-state index in [9.17, 15) is 35.1 Å². The smallest absolute Gasteiger partial charge is 0.209 e. The Morgan fingerprint density at radius 3 is 1.71 bits per heavy atom. The second-order valence-corrected chi connectivity index (χ2v) is 6.66. The van der Waals surface area contributed by atoms with Crippen molar-refractivity contribution < 1.29 is 35.1 Å². The molecule has 0 saturated carbocycles. The molecule has 3 rings (SSSR count). The molecule has 0 aliphatic carbocycles. The van der Waals surface area contributed by atoms with Crippen molar-refractivity contribution in [1.82, 2.24) is 0 Å². The number of hydrogen-bond acceptors (Lipinski definition) is 0. The van der Waals surface area contributed by atoms with E-state index in [0.717, 1.165) is 12.1 Å². The maximum absolute atomic E-state index is 14.6. The van der Waals surface area contributed by atoms with Gasteiger partial charge < -0.3 is 0 Å². The molecule has 0 fully saturated rings. The maximum atomic E-state index is 14.6. The zero-order valence-corrected chi connectivity index (χ0v) is 15.9. The largest absolute Gasteiger partial charge is 0.422 e. The number of allylic oxidation sites excluding steroid dienone is 1. The summed E-state index contributed by atoms with van der Waals surface area (Å²) in [4.78, 5) is 0. The van der Waals surface area contributed by atoms with Gasteiger partial charge in [-0.15, -0.1) is 0 Å². The van der Waals surface area contributed by atoms with Crippen LogP contribution in [0.5, 0.6) is 0 Å². The summed E-state index contributed by atoms with van der Waals surface area (Å²) in [5, 5.41) is 0. The Kier molecular flexibility index (Phi) is 6.20. The van der Waals surface area contributed by atoms with Crippen molar-refractivity contribution in [3.05, 3.63) is 89.0 Å². The van der Waals surface area contributed by atoms with Crippen molar-refractivity contribution in [2.24, 2.45) is 0 Å². The van der Waals surface area contributed by atoms with Crippen molar-refractivity contribution in [3.8, 4) is 22.3 Å². The van der Waals surface area contributed by atoms with Crippen LogP contribution in [0.1, 0.15) is 24.5 Å².